The molecule has 6 nitrogen and oxygen atoms in total. The van der Waals surface area contributed by atoms with Gasteiger partial charge in [0.2, 0.25) is 0 Å². The quantitative estimate of drug-likeness (QED) is 0.454. The molecule has 0 aliphatic carbocycles. The Hall–Kier alpha value is -1.14. The van der Waals surface area contributed by atoms with Crippen molar-refractivity contribution in [2.24, 2.45) is 0 Å². The third-order valence-electron chi connectivity index (χ3n) is 1.25. The van der Waals surface area contributed by atoms with Crippen LogP contribution in [0.5, 0.6) is 0 Å². The number of carboxylic acid groups (broad SMARTS) is 1. The molecule has 0 aliphatic rings. The van der Waals surface area contributed by atoms with Gasteiger partial charge in [0.05, 0.1) is 26.1 Å². The van der Waals surface area contributed by atoms with Gasteiger partial charge in [-0.1, -0.05) is 0 Å². The first kappa shape index (κ1) is 11.9. The molecule has 0 fully saturated rings. The summed E-state index contributed by atoms with van der Waals surface area (Å²) in [6, 6.07) is 0. The van der Waals surface area contributed by atoms with E-state index in [1.54, 1.807) is 0 Å². The number of rotatable bonds is 6. The van der Waals surface area contributed by atoms with E-state index in [0.29, 0.717) is 0 Å². The molecule has 0 aromatic carbocycles. The van der Waals surface area contributed by atoms with Crippen molar-refractivity contribution in [2.75, 3.05) is 13.2 Å². The maximum Gasteiger partial charge on any atom is 0.306 e. The second-order valence-electron chi connectivity index (χ2n) is 2.37. The molecule has 0 atom stereocenters. The first-order valence-corrected chi connectivity index (χ1v) is 3.73. The van der Waals surface area contributed by atoms with Gasteiger partial charge in [-0.3, -0.25) is 9.59 Å². The number of ether oxygens (including phenoxy) is 1. The molecule has 0 amide bonds. The topological polar surface area (TPSA) is 104 Å². The Kier molecular flexibility index (Phi) is 5.82. The Morgan fingerprint density at radius 2 is 1.69 bits per heavy atom. The summed E-state index contributed by atoms with van der Waals surface area (Å²) in [5, 5.41) is 25.2. The molecule has 0 unspecified atom stereocenters. The second-order valence-corrected chi connectivity index (χ2v) is 2.37. The fourth-order valence-corrected chi connectivity index (χ4v) is 0.586. The number of aliphatic hydroxyl groups excluding tert-OH is 2. The van der Waals surface area contributed by atoms with Gasteiger partial charge >= 0.3 is 11.9 Å². The van der Waals surface area contributed by atoms with Crippen LogP contribution in [0.15, 0.2) is 0 Å². The maximum absolute atomic E-state index is 10.8. The minimum atomic E-state index is -1.10. The highest BCUT2D eigenvalue weighted by Crippen LogP contribution is 1.97. The van der Waals surface area contributed by atoms with E-state index in [4.69, 9.17) is 15.3 Å². The molecule has 0 heterocycles. The second kappa shape index (κ2) is 6.38. The SMILES string of the molecule is O=C(O)CCC(=O)OC(CO)CO. The van der Waals surface area contributed by atoms with Gasteiger partial charge in [-0.05, 0) is 0 Å². The zero-order chi connectivity index (χ0) is 10.3. The smallest absolute Gasteiger partial charge is 0.306 e. The van der Waals surface area contributed by atoms with Crippen molar-refractivity contribution in [1.82, 2.24) is 0 Å². The Morgan fingerprint density at radius 3 is 2.08 bits per heavy atom. The Morgan fingerprint density at radius 1 is 1.15 bits per heavy atom. The lowest BCUT2D eigenvalue weighted by Gasteiger charge is -2.11. The van der Waals surface area contributed by atoms with Crippen LogP contribution in [-0.2, 0) is 14.3 Å². The summed E-state index contributed by atoms with van der Waals surface area (Å²) in [6.07, 6.45) is -1.53. The Bertz CT molecular complexity index is 174. The normalized spacial score (nSPS) is 10.1. The third kappa shape index (κ3) is 6.06. The number of carboxylic acids is 1. The maximum atomic E-state index is 10.8. The lowest BCUT2D eigenvalue weighted by molar-refractivity contribution is -0.155. The number of esters is 1. The lowest BCUT2D eigenvalue weighted by Crippen LogP contribution is -2.25. The highest BCUT2D eigenvalue weighted by molar-refractivity contribution is 5.76. The van der Waals surface area contributed by atoms with Crippen LogP contribution in [0, 0.1) is 0 Å². The van der Waals surface area contributed by atoms with Gasteiger partial charge in [-0.2, -0.15) is 0 Å². The van der Waals surface area contributed by atoms with Gasteiger partial charge < -0.3 is 20.1 Å². The van der Waals surface area contributed by atoms with Gasteiger partial charge in [-0.15, -0.1) is 0 Å². The van der Waals surface area contributed by atoms with E-state index in [9.17, 15) is 9.59 Å². The number of carbonyl (C=O) groups is 2. The van der Waals surface area contributed by atoms with Crippen LogP contribution in [0.2, 0.25) is 0 Å². The first-order valence-electron chi connectivity index (χ1n) is 3.73. The standard InChI is InChI=1S/C7H12O6/c8-3-5(4-9)13-7(12)2-1-6(10)11/h5,8-9H,1-4H2,(H,10,11). The fraction of sp³-hybridized carbons (Fsp3) is 0.714. The zero-order valence-electron chi connectivity index (χ0n) is 6.97. The van der Waals surface area contributed by atoms with Crippen LogP contribution in [0.1, 0.15) is 12.8 Å². The van der Waals surface area contributed by atoms with Crippen molar-refractivity contribution in [2.45, 2.75) is 18.9 Å². The summed E-state index contributed by atoms with van der Waals surface area (Å²) in [5.74, 6) is -1.84. The third-order valence-corrected chi connectivity index (χ3v) is 1.25. The van der Waals surface area contributed by atoms with Crippen molar-refractivity contribution in [3.8, 4) is 0 Å². The summed E-state index contributed by atoms with van der Waals surface area (Å²) in [7, 11) is 0. The molecule has 6 heteroatoms. The molecule has 0 spiro atoms. The zero-order valence-corrected chi connectivity index (χ0v) is 6.97. The van der Waals surface area contributed by atoms with Crippen LogP contribution >= 0.6 is 0 Å². The predicted octanol–water partition coefficient (Wildman–Crippen LogP) is -1.25. The number of hydrogen-bond donors (Lipinski definition) is 3. The van der Waals surface area contributed by atoms with E-state index < -0.39 is 31.3 Å². The van der Waals surface area contributed by atoms with E-state index in [2.05, 4.69) is 4.74 Å². The van der Waals surface area contributed by atoms with Gasteiger partial charge in [0, 0.05) is 0 Å². The number of hydrogen-bond acceptors (Lipinski definition) is 5. The summed E-state index contributed by atoms with van der Waals surface area (Å²) in [4.78, 5) is 20.8. The van der Waals surface area contributed by atoms with Crippen molar-refractivity contribution in [3.63, 3.8) is 0 Å². The first-order chi connectivity index (χ1) is 6.10. The summed E-state index contributed by atoms with van der Waals surface area (Å²) in [6.45, 7) is -0.954. The molecular weight excluding hydrogens is 180 g/mol. The number of aliphatic hydroxyl groups is 2. The fourth-order valence-electron chi connectivity index (χ4n) is 0.586. The molecule has 0 radical (unpaired) electrons. The van der Waals surface area contributed by atoms with Gasteiger partial charge in [0.15, 0.2) is 0 Å². The molecule has 13 heavy (non-hydrogen) atoms. The number of carbonyl (C=O) groups excluding carboxylic acids is 1. The molecule has 3 N–H and O–H groups in total. The van der Waals surface area contributed by atoms with Crippen molar-refractivity contribution in [3.05, 3.63) is 0 Å². The molecule has 0 aromatic heterocycles. The Balaban J connectivity index is 3.66. The van der Waals surface area contributed by atoms with Crippen LogP contribution in [-0.4, -0.2) is 46.6 Å². The van der Waals surface area contributed by atoms with E-state index in [-0.39, 0.29) is 12.8 Å². The minimum absolute atomic E-state index is 0.258. The Labute approximate surface area is 74.7 Å². The van der Waals surface area contributed by atoms with Crippen LogP contribution < -0.4 is 0 Å². The molecule has 76 valence electrons. The predicted molar refractivity (Wildman–Crippen MR) is 40.9 cm³/mol. The molecule has 0 bridgehead atoms. The summed E-state index contributed by atoms with van der Waals surface area (Å²) >= 11 is 0. The molecule has 0 aliphatic heterocycles. The van der Waals surface area contributed by atoms with E-state index in [0.717, 1.165) is 0 Å². The van der Waals surface area contributed by atoms with E-state index in [1.165, 1.54) is 0 Å². The van der Waals surface area contributed by atoms with Gasteiger partial charge in [0.1, 0.15) is 6.10 Å². The molecule has 0 saturated carbocycles. The summed E-state index contributed by atoms with van der Waals surface area (Å²) < 4.78 is 4.50. The highest BCUT2D eigenvalue weighted by atomic mass is 16.6. The lowest BCUT2D eigenvalue weighted by atomic mass is 10.3. The van der Waals surface area contributed by atoms with Crippen LogP contribution in [0.3, 0.4) is 0 Å². The van der Waals surface area contributed by atoms with E-state index in [1.807, 2.05) is 0 Å². The highest BCUT2D eigenvalue weighted by Gasteiger charge is 2.13. The van der Waals surface area contributed by atoms with Crippen molar-refractivity contribution in [1.29, 1.82) is 0 Å². The monoisotopic (exact) mass is 192 g/mol. The van der Waals surface area contributed by atoms with Gasteiger partial charge in [-0.25, -0.2) is 0 Å². The molecule has 0 saturated heterocycles. The number of aliphatic carboxylic acids is 1. The largest absolute Gasteiger partial charge is 0.481 e. The van der Waals surface area contributed by atoms with Crippen molar-refractivity contribution >= 4 is 11.9 Å². The molecule has 0 aromatic rings. The van der Waals surface area contributed by atoms with Crippen LogP contribution in [0.4, 0.5) is 0 Å². The summed E-state index contributed by atoms with van der Waals surface area (Å²) in [5.41, 5.74) is 0. The minimum Gasteiger partial charge on any atom is -0.481 e. The van der Waals surface area contributed by atoms with Gasteiger partial charge in [0.25, 0.3) is 0 Å². The van der Waals surface area contributed by atoms with Crippen LogP contribution in [0.25, 0.3) is 0 Å². The van der Waals surface area contributed by atoms with E-state index >= 15 is 0 Å². The average Bonchev–Trinajstić information content (AvgIpc) is 2.10. The average molecular weight is 192 g/mol. The molecular formula is C7H12O6. The van der Waals surface area contributed by atoms with Crippen molar-refractivity contribution < 1.29 is 29.6 Å². The molecule has 0 rings (SSSR count).